The largest absolute Gasteiger partial charge is 0.305 e. The van der Waals surface area contributed by atoms with Crippen LogP contribution in [0.25, 0.3) is 0 Å². The monoisotopic (exact) mass is 253 g/mol. The lowest BCUT2D eigenvalue weighted by Crippen LogP contribution is -2.22. The summed E-state index contributed by atoms with van der Waals surface area (Å²) in [5.41, 5.74) is 2.34. The molecule has 0 bridgehead atoms. The molecule has 2 rings (SSSR count). The molecule has 2 heterocycles. The van der Waals surface area contributed by atoms with E-state index in [2.05, 4.69) is 38.7 Å². The number of nitrogens with one attached hydrogen (secondary N) is 1. The van der Waals surface area contributed by atoms with Crippen molar-refractivity contribution in [2.45, 2.75) is 26.3 Å². The average molecular weight is 253 g/mol. The van der Waals surface area contributed by atoms with Gasteiger partial charge in [0.25, 0.3) is 0 Å². The maximum Gasteiger partial charge on any atom is 0.0776 e. The van der Waals surface area contributed by atoms with Gasteiger partial charge in [-0.15, -0.1) is 5.10 Å². The van der Waals surface area contributed by atoms with Gasteiger partial charge in [-0.3, -0.25) is 0 Å². The van der Waals surface area contributed by atoms with Crippen LogP contribution in [-0.2, 0) is 0 Å². The molecule has 5 heteroatoms. The maximum atomic E-state index is 4.09. The molecule has 0 aliphatic heterocycles. The van der Waals surface area contributed by atoms with Crippen molar-refractivity contribution in [1.82, 2.24) is 14.9 Å². The van der Waals surface area contributed by atoms with Crippen LogP contribution in [0.4, 0.5) is 0 Å². The van der Waals surface area contributed by atoms with E-state index in [0.717, 1.165) is 18.7 Å². The minimum atomic E-state index is 0.256. The van der Waals surface area contributed by atoms with Gasteiger partial charge < -0.3 is 5.32 Å². The van der Waals surface area contributed by atoms with Crippen molar-refractivity contribution in [3.63, 3.8) is 0 Å². The van der Waals surface area contributed by atoms with Gasteiger partial charge in [-0.1, -0.05) is 11.4 Å². The quantitative estimate of drug-likeness (QED) is 0.890. The third-order valence-corrected chi connectivity index (χ3v) is 4.02. The molecule has 0 aliphatic carbocycles. The molecule has 0 saturated carbocycles. The van der Waals surface area contributed by atoms with E-state index in [1.165, 1.54) is 22.0 Å². The van der Waals surface area contributed by atoms with E-state index in [1.54, 1.807) is 11.3 Å². The Balaban J connectivity index is 2.25. The van der Waals surface area contributed by atoms with Gasteiger partial charge in [-0.05, 0) is 53.8 Å². The maximum absolute atomic E-state index is 4.09. The predicted octanol–water partition coefficient (Wildman–Crippen LogP) is 3.00. The molecule has 0 amide bonds. The van der Waals surface area contributed by atoms with Crippen molar-refractivity contribution in [2.24, 2.45) is 0 Å². The normalized spacial score (nSPS) is 12.9. The van der Waals surface area contributed by atoms with Gasteiger partial charge in [0.2, 0.25) is 0 Å². The molecule has 86 valence electrons. The Kier molecular flexibility index (Phi) is 4.04. The Bertz CT molecular complexity index is 422. The highest BCUT2D eigenvalue weighted by atomic mass is 32.1. The molecular weight excluding hydrogens is 238 g/mol. The molecule has 1 N–H and O–H groups in total. The first-order valence-corrected chi connectivity index (χ1v) is 7.09. The van der Waals surface area contributed by atoms with Crippen molar-refractivity contribution in [3.05, 3.63) is 33.0 Å². The van der Waals surface area contributed by atoms with E-state index in [4.69, 9.17) is 0 Å². The lowest BCUT2D eigenvalue weighted by Gasteiger charge is -2.15. The zero-order chi connectivity index (χ0) is 11.4. The third kappa shape index (κ3) is 2.48. The summed E-state index contributed by atoms with van der Waals surface area (Å²) in [6, 6.07) is 2.42. The first-order chi connectivity index (χ1) is 7.83. The summed E-state index contributed by atoms with van der Waals surface area (Å²) < 4.78 is 4.02. The lowest BCUT2D eigenvalue weighted by atomic mass is 10.1. The Morgan fingerprint density at radius 1 is 1.50 bits per heavy atom. The molecule has 0 fully saturated rings. The van der Waals surface area contributed by atoms with Crippen LogP contribution in [-0.4, -0.2) is 16.1 Å². The van der Waals surface area contributed by atoms with Gasteiger partial charge in [-0.2, -0.15) is 11.3 Å². The van der Waals surface area contributed by atoms with Crippen LogP contribution in [0.3, 0.4) is 0 Å². The number of aryl methyl sites for hydroxylation is 1. The summed E-state index contributed by atoms with van der Waals surface area (Å²) in [4.78, 5) is 1.23. The minimum absolute atomic E-state index is 0.256. The van der Waals surface area contributed by atoms with Gasteiger partial charge in [0.1, 0.15) is 0 Å². The highest BCUT2D eigenvalue weighted by Crippen LogP contribution is 2.27. The van der Waals surface area contributed by atoms with E-state index in [1.807, 2.05) is 6.92 Å². The molecule has 1 unspecified atom stereocenters. The van der Waals surface area contributed by atoms with Crippen molar-refractivity contribution in [2.75, 3.05) is 6.54 Å². The summed E-state index contributed by atoms with van der Waals surface area (Å²) in [5.74, 6) is 0. The number of hydrogen-bond acceptors (Lipinski definition) is 5. The molecule has 0 saturated heterocycles. The number of rotatable bonds is 5. The predicted molar refractivity (Wildman–Crippen MR) is 69.1 cm³/mol. The lowest BCUT2D eigenvalue weighted by molar-refractivity contribution is 0.604. The van der Waals surface area contributed by atoms with Crippen LogP contribution >= 0.6 is 22.9 Å². The summed E-state index contributed by atoms with van der Waals surface area (Å²) in [6.45, 7) is 5.21. The van der Waals surface area contributed by atoms with E-state index in [0.29, 0.717) is 0 Å². The summed E-state index contributed by atoms with van der Waals surface area (Å²) >= 11 is 3.22. The molecule has 1 atom stereocenters. The molecule has 0 aromatic carbocycles. The van der Waals surface area contributed by atoms with Gasteiger partial charge in [-0.25, -0.2) is 0 Å². The summed E-state index contributed by atoms with van der Waals surface area (Å²) in [7, 11) is 0. The standard InChI is InChI=1S/C11H15N3S2/c1-3-5-12-10(9-4-6-15-7-9)11-8(2)13-14-16-11/h4,6-7,10,12H,3,5H2,1-2H3. The summed E-state index contributed by atoms with van der Waals surface area (Å²) in [6.07, 6.45) is 1.13. The van der Waals surface area contributed by atoms with Crippen molar-refractivity contribution in [3.8, 4) is 0 Å². The number of thiophene rings is 1. The smallest absolute Gasteiger partial charge is 0.0776 e. The second kappa shape index (κ2) is 5.52. The Hall–Kier alpha value is -0.780. The number of hydrogen-bond donors (Lipinski definition) is 1. The van der Waals surface area contributed by atoms with Crippen LogP contribution < -0.4 is 5.32 Å². The zero-order valence-electron chi connectivity index (χ0n) is 9.43. The number of aromatic nitrogens is 2. The molecule has 0 radical (unpaired) electrons. The Morgan fingerprint density at radius 2 is 2.38 bits per heavy atom. The van der Waals surface area contributed by atoms with E-state index < -0.39 is 0 Å². The first-order valence-electron chi connectivity index (χ1n) is 5.37. The van der Waals surface area contributed by atoms with Gasteiger partial charge in [0.05, 0.1) is 16.6 Å². The van der Waals surface area contributed by atoms with Crippen LogP contribution in [0, 0.1) is 6.92 Å². The zero-order valence-corrected chi connectivity index (χ0v) is 11.1. The summed E-state index contributed by atoms with van der Waals surface area (Å²) in [5, 5.41) is 11.9. The molecule has 0 spiro atoms. The molecule has 2 aromatic heterocycles. The second-order valence-corrected chi connectivity index (χ2v) is 5.23. The number of nitrogens with zero attached hydrogens (tertiary/aromatic N) is 2. The first kappa shape index (κ1) is 11.7. The van der Waals surface area contributed by atoms with Crippen LogP contribution in [0.2, 0.25) is 0 Å². The Labute approximate surface area is 104 Å². The van der Waals surface area contributed by atoms with Crippen molar-refractivity contribution < 1.29 is 0 Å². The van der Waals surface area contributed by atoms with Crippen LogP contribution in [0.1, 0.15) is 35.5 Å². The minimum Gasteiger partial charge on any atom is -0.305 e. The van der Waals surface area contributed by atoms with Gasteiger partial charge >= 0.3 is 0 Å². The van der Waals surface area contributed by atoms with E-state index >= 15 is 0 Å². The molecule has 3 nitrogen and oxygen atoms in total. The van der Waals surface area contributed by atoms with E-state index in [9.17, 15) is 0 Å². The SMILES string of the molecule is CCCNC(c1ccsc1)c1snnc1C. The van der Waals surface area contributed by atoms with Gasteiger partial charge in [0, 0.05) is 0 Å². The average Bonchev–Trinajstić information content (AvgIpc) is 2.91. The van der Waals surface area contributed by atoms with Crippen molar-refractivity contribution >= 4 is 22.9 Å². The second-order valence-electron chi connectivity index (χ2n) is 3.67. The fourth-order valence-electron chi connectivity index (χ4n) is 1.59. The molecule has 2 aromatic rings. The highest BCUT2D eigenvalue weighted by molar-refractivity contribution is 7.08. The topological polar surface area (TPSA) is 37.8 Å². The van der Waals surface area contributed by atoms with Gasteiger partial charge in [0.15, 0.2) is 0 Å². The van der Waals surface area contributed by atoms with E-state index in [-0.39, 0.29) is 6.04 Å². The Morgan fingerprint density at radius 3 is 2.94 bits per heavy atom. The van der Waals surface area contributed by atoms with Crippen LogP contribution in [0.5, 0.6) is 0 Å². The molecule has 16 heavy (non-hydrogen) atoms. The highest BCUT2D eigenvalue weighted by Gasteiger charge is 2.18. The third-order valence-electron chi connectivity index (χ3n) is 2.42. The van der Waals surface area contributed by atoms with Crippen molar-refractivity contribution in [1.29, 1.82) is 0 Å². The fourth-order valence-corrected chi connectivity index (χ4v) is 3.03. The fraction of sp³-hybridized carbons (Fsp3) is 0.455. The van der Waals surface area contributed by atoms with Crippen LogP contribution in [0.15, 0.2) is 16.8 Å². The molecule has 0 aliphatic rings. The molecular formula is C11H15N3S2.